The Kier molecular flexibility index (Phi) is 4.63. The molecule has 0 fully saturated rings. The second-order valence-electron chi connectivity index (χ2n) is 3.87. The summed E-state index contributed by atoms with van der Waals surface area (Å²) < 4.78 is 24.6. The first-order valence-corrected chi connectivity index (χ1v) is 6.50. The zero-order chi connectivity index (χ0) is 13.7. The minimum absolute atomic E-state index is 0.324. The molecule has 19 heavy (non-hydrogen) atoms. The average Bonchev–Trinajstić information content (AvgIpc) is 2.34. The summed E-state index contributed by atoms with van der Waals surface area (Å²) >= 11 is 3.20. The van der Waals surface area contributed by atoms with Gasteiger partial charge in [-0.2, -0.15) is 0 Å². The van der Waals surface area contributed by atoms with E-state index in [9.17, 15) is 4.39 Å². The normalized spacial score (nSPS) is 10.2. The van der Waals surface area contributed by atoms with Crippen LogP contribution < -0.4 is 15.2 Å². The van der Waals surface area contributed by atoms with E-state index < -0.39 is 0 Å². The minimum atomic E-state index is -0.346. The van der Waals surface area contributed by atoms with Crippen LogP contribution in [0.4, 0.5) is 10.1 Å². The molecule has 0 saturated carbocycles. The SMILES string of the molecule is Nc1cccc(OCCOc2cc(F)cc(Br)c2)c1. The van der Waals surface area contributed by atoms with Gasteiger partial charge in [0.2, 0.25) is 0 Å². The number of rotatable bonds is 5. The van der Waals surface area contributed by atoms with Gasteiger partial charge in [0, 0.05) is 22.3 Å². The van der Waals surface area contributed by atoms with Crippen LogP contribution in [0.2, 0.25) is 0 Å². The molecule has 5 heteroatoms. The summed E-state index contributed by atoms with van der Waals surface area (Å²) in [5.74, 6) is 0.799. The fourth-order valence-corrected chi connectivity index (χ4v) is 1.98. The van der Waals surface area contributed by atoms with E-state index in [4.69, 9.17) is 15.2 Å². The molecule has 0 atom stereocenters. The Balaban J connectivity index is 1.80. The molecule has 0 spiro atoms. The topological polar surface area (TPSA) is 44.5 Å². The maximum atomic E-state index is 13.1. The van der Waals surface area contributed by atoms with Crippen molar-refractivity contribution in [1.29, 1.82) is 0 Å². The molecule has 2 aromatic rings. The molecule has 0 aromatic heterocycles. The van der Waals surface area contributed by atoms with Crippen molar-refractivity contribution < 1.29 is 13.9 Å². The Bertz CT molecular complexity index is 543. The molecule has 0 bridgehead atoms. The van der Waals surface area contributed by atoms with Crippen molar-refractivity contribution in [2.45, 2.75) is 0 Å². The first-order valence-electron chi connectivity index (χ1n) is 5.71. The van der Waals surface area contributed by atoms with Gasteiger partial charge in [0.05, 0.1) is 0 Å². The molecule has 0 heterocycles. The summed E-state index contributed by atoms with van der Waals surface area (Å²) in [7, 11) is 0. The van der Waals surface area contributed by atoms with Gasteiger partial charge in [-0.15, -0.1) is 0 Å². The van der Waals surface area contributed by atoms with Crippen LogP contribution in [0.1, 0.15) is 0 Å². The summed E-state index contributed by atoms with van der Waals surface area (Å²) in [6, 6.07) is 11.5. The highest BCUT2D eigenvalue weighted by atomic mass is 79.9. The first-order chi connectivity index (χ1) is 9.13. The van der Waals surface area contributed by atoms with Crippen LogP contribution in [0.5, 0.6) is 11.5 Å². The second kappa shape index (κ2) is 6.43. The summed E-state index contributed by atoms with van der Waals surface area (Å²) in [4.78, 5) is 0. The predicted molar refractivity (Wildman–Crippen MR) is 75.9 cm³/mol. The third-order valence-electron chi connectivity index (χ3n) is 2.31. The zero-order valence-electron chi connectivity index (χ0n) is 10.1. The third kappa shape index (κ3) is 4.44. The van der Waals surface area contributed by atoms with Crippen LogP contribution in [0.25, 0.3) is 0 Å². The second-order valence-corrected chi connectivity index (χ2v) is 4.79. The molecule has 2 rings (SSSR count). The van der Waals surface area contributed by atoms with Crippen molar-refractivity contribution in [2.24, 2.45) is 0 Å². The van der Waals surface area contributed by atoms with E-state index in [1.807, 2.05) is 12.1 Å². The van der Waals surface area contributed by atoms with Crippen LogP contribution in [0, 0.1) is 5.82 Å². The lowest BCUT2D eigenvalue weighted by molar-refractivity contribution is 0.216. The van der Waals surface area contributed by atoms with Gasteiger partial charge < -0.3 is 15.2 Å². The molecule has 0 aliphatic heterocycles. The van der Waals surface area contributed by atoms with Gasteiger partial charge in [0.1, 0.15) is 30.5 Å². The number of nitrogens with two attached hydrogens (primary N) is 1. The highest BCUT2D eigenvalue weighted by molar-refractivity contribution is 9.10. The lowest BCUT2D eigenvalue weighted by Crippen LogP contribution is -2.09. The maximum Gasteiger partial charge on any atom is 0.128 e. The van der Waals surface area contributed by atoms with Gasteiger partial charge in [-0.05, 0) is 24.3 Å². The number of benzene rings is 2. The number of hydrogen-bond donors (Lipinski definition) is 1. The predicted octanol–water partition coefficient (Wildman–Crippen LogP) is 3.63. The van der Waals surface area contributed by atoms with Gasteiger partial charge in [-0.1, -0.05) is 22.0 Å². The van der Waals surface area contributed by atoms with Gasteiger partial charge in [0.15, 0.2) is 0 Å². The van der Waals surface area contributed by atoms with Crippen LogP contribution in [-0.4, -0.2) is 13.2 Å². The quantitative estimate of drug-likeness (QED) is 0.674. The van der Waals surface area contributed by atoms with Crippen molar-refractivity contribution in [2.75, 3.05) is 18.9 Å². The summed E-state index contributed by atoms with van der Waals surface area (Å²) in [6.45, 7) is 0.683. The van der Waals surface area contributed by atoms with Gasteiger partial charge in [0.25, 0.3) is 0 Å². The van der Waals surface area contributed by atoms with Crippen LogP contribution in [0.3, 0.4) is 0 Å². The lowest BCUT2D eigenvalue weighted by Gasteiger charge is -2.09. The molecule has 0 amide bonds. The molecule has 3 nitrogen and oxygen atoms in total. The molecular weight excluding hydrogens is 313 g/mol. The van der Waals surface area contributed by atoms with E-state index in [1.54, 1.807) is 18.2 Å². The maximum absolute atomic E-state index is 13.1. The van der Waals surface area contributed by atoms with Crippen molar-refractivity contribution in [3.8, 4) is 11.5 Å². The summed E-state index contributed by atoms with van der Waals surface area (Å²) in [6.07, 6.45) is 0. The number of nitrogen functional groups attached to an aromatic ring is 1. The molecule has 100 valence electrons. The van der Waals surface area contributed by atoms with E-state index in [0.29, 0.717) is 34.9 Å². The lowest BCUT2D eigenvalue weighted by atomic mass is 10.3. The van der Waals surface area contributed by atoms with Crippen LogP contribution in [-0.2, 0) is 0 Å². The molecule has 0 saturated heterocycles. The average molecular weight is 326 g/mol. The van der Waals surface area contributed by atoms with E-state index in [-0.39, 0.29) is 5.82 Å². The van der Waals surface area contributed by atoms with E-state index >= 15 is 0 Å². The fourth-order valence-electron chi connectivity index (χ4n) is 1.54. The van der Waals surface area contributed by atoms with Crippen LogP contribution >= 0.6 is 15.9 Å². The zero-order valence-corrected chi connectivity index (χ0v) is 11.7. The first kappa shape index (κ1) is 13.7. The van der Waals surface area contributed by atoms with E-state index in [0.717, 1.165) is 0 Å². The molecule has 2 N–H and O–H groups in total. The van der Waals surface area contributed by atoms with Crippen molar-refractivity contribution >= 4 is 21.6 Å². The largest absolute Gasteiger partial charge is 0.490 e. The Morgan fingerprint density at radius 3 is 2.42 bits per heavy atom. The number of anilines is 1. The minimum Gasteiger partial charge on any atom is -0.490 e. The van der Waals surface area contributed by atoms with Gasteiger partial charge >= 0.3 is 0 Å². The van der Waals surface area contributed by atoms with Crippen molar-refractivity contribution in [1.82, 2.24) is 0 Å². The van der Waals surface area contributed by atoms with Crippen LogP contribution in [0.15, 0.2) is 46.9 Å². The number of hydrogen-bond acceptors (Lipinski definition) is 3. The van der Waals surface area contributed by atoms with E-state index in [1.165, 1.54) is 12.1 Å². The highest BCUT2D eigenvalue weighted by Gasteiger charge is 2.00. The van der Waals surface area contributed by atoms with Gasteiger partial charge in [-0.3, -0.25) is 0 Å². The summed E-state index contributed by atoms with van der Waals surface area (Å²) in [5.41, 5.74) is 6.27. The molecule has 0 unspecified atom stereocenters. The smallest absolute Gasteiger partial charge is 0.128 e. The monoisotopic (exact) mass is 325 g/mol. The molecule has 0 aliphatic carbocycles. The fraction of sp³-hybridized carbons (Fsp3) is 0.143. The Hall–Kier alpha value is -1.75. The van der Waals surface area contributed by atoms with Crippen molar-refractivity contribution in [3.63, 3.8) is 0 Å². The van der Waals surface area contributed by atoms with Crippen molar-refractivity contribution in [3.05, 3.63) is 52.8 Å². The molecule has 2 aromatic carbocycles. The van der Waals surface area contributed by atoms with E-state index in [2.05, 4.69) is 15.9 Å². The van der Waals surface area contributed by atoms with Gasteiger partial charge in [-0.25, -0.2) is 4.39 Å². The highest BCUT2D eigenvalue weighted by Crippen LogP contribution is 2.20. The number of halogens is 2. The Labute approximate surface area is 119 Å². The molecule has 0 aliphatic rings. The standard InChI is InChI=1S/C14H13BrFNO2/c15-10-6-11(16)8-14(7-10)19-5-4-18-13-3-1-2-12(17)9-13/h1-3,6-9H,4-5,17H2. The Morgan fingerprint density at radius 1 is 1.00 bits per heavy atom. The summed E-state index contributed by atoms with van der Waals surface area (Å²) in [5, 5.41) is 0. The molecule has 0 radical (unpaired) electrons. The number of ether oxygens (including phenoxy) is 2. The Morgan fingerprint density at radius 2 is 1.74 bits per heavy atom. The molecular formula is C14H13BrFNO2. The third-order valence-corrected chi connectivity index (χ3v) is 2.77.